The molecule has 0 saturated carbocycles. The van der Waals surface area contributed by atoms with Crippen LogP contribution in [0.4, 0.5) is 4.79 Å². The molecule has 134 valence electrons. The molecule has 0 spiro atoms. The molecule has 1 aliphatic heterocycles. The van der Waals surface area contributed by atoms with Crippen LogP contribution in [0.3, 0.4) is 0 Å². The molecule has 2 aromatic carbocycles. The Morgan fingerprint density at radius 1 is 1.24 bits per heavy atom. The molecule has 1 saturated heterocycles. The van der Waals surface area contributed by atoms with E-state index in [9.17, 15) is 4.79 Å². The van der Waals surface area contributed by atoms with Crippen LogP contribution in [0.2, 0.25) is 0 Å². The van der Waals surface area contributed by atoms with Crippen LogP contribution in [-0.2, 0) is 6.42 Å². The van der Waals surface area contributed by atoms with E-state index >= 15 is 0 Å². The Balaban J connectivity index is 1.53. The maximum atomic E-state index is 12.5. The van der Waals surface area contributed by atoms with Gasteiger partial charge in [-0.2, -0.15) is 0 Å². The van der Waals surface area contributed by atoms with Gasteiger partial charge in [0.2, 0.25) is 0 Å². The standard InChI is InChI=1S/C21H29N3O/c1-16(12-17-8-9-19-6-4-5-7-20(19)13-17)22-21(25)24-11-10-18(15-24)14-23(2)3/h4-9,13,16,18H,10-12,14-15H2,1-3H3,(H,22,25)/t16-,18-/m0/s1. The third-order valence-corrected chi connectivity index (χ3v) is 4.92. The van der Waals surface area contributed by atoms with Crippen LogP contribution in [0.5, 0.6) is 0 Å². The quantitative estimate of drug-likeness (QED) is 0.906. The molecule has 0 unspecified atom stereocenters. The molecule has 1 N–H and O–H groups in total. The molecule has 0 radical (unpaired) electrons. The molecule has 2 aromatic rings. The van der Waals surface area contributed by atoms with Gasteiger partial charge in [0.05, 0.1) is 0 Å². The van der Waals surface area contributed by atoms with Crippen LogP contribution in [0.25, 0.3) is 10.8 Å². The molecular weight excluding hydrogens is 310 g/mol. The van der Waals surface area contributed by atoms with Crippen molar-refractivity contribution in [3.8, 4) is 0 Å². The molecule has 25 heavy (non-hydrogen) atoms. The molecule has 2 atom stereocenters. The lowest BCUT2D eigenvalue weighted by Gasteiger charge is -2.22. The zero-order valence-electron chi connectivity index (χ0n) is 15.5. The molecule has 3 rings (SSSR count). The molecule has 0 aliphatic carbocycles. The predicted molar refractivity (Wildman–Crippen MR) is 104 cm³/mol. The number of carbonyl (C=O) groups excluding carboxylic acids is 1. The summed E-state index contributed by atoms with van der Waals surface area (Å²) in [5.74, 6) is 0.594. The molecule has 2 amide bonds. The van der Waals surface area contributed by atoms with Gasteiger partial charge >= 0.3 is 6.03 Å². The summed E-state index contributed by atoms with van der Waals surface area (Å²) >= 11 is 0. The van der Waals surface area contributed by atoms with E-state index in [1.54, 1.807) is 0 Å². The number of amides is 2. The van der Waals surface area contributed by atoms with Gasteiger partial charge in [-0.05, 0) is 56.1 Å². The number of nitrogens with zero attached hydrogens (tertiary/aromatic N) is 2. The van der Waals surface area contributed by atoms with Gasteiger partial charge in [0, 0.05) is 25.7 Å². The summed E-state index contributed by atoms with van der Waals surface area (Å²) in [5, 5.41) is 5.68. The van der Waals surface area contributed by atoms with Gasteiger partial charge in [-0.15, -0.1) is 0 Å². The number of benzene rings is 2. The number of rotatable bonds is 5. The highest BCUT2D eigenvalue weighted by Crippen LogP contribution is 2.18. The summed E-state index contributed by atoms with van der Waals surface area (Å²) in [6, 6.07) is 15.1. The number of urea groups is 1. The van der Waals surface area contributed by atoms with E-state index in [4.69, 9.17) is 0 Å². The smallest absolute Gasteiger partial charge is 0.317 e. The van der Waals surface area contributed by atoms with Crippen molar-refractivity contribution in [1.82, 2.24) is 15.1 Å². The van der Waals surface area contributed by atoms with Crippen LogP contribution in [0.1, 0.15) is 18.9 Å². The molecule has 1 fully saturated rings. The van der Waals surface area contributed by atoms with Crippen molar-refractivity contribution in [2.24, 2.45) is 5.92 Å². The lowest BCUT2D eigenvalue weighted by molar-refractivity contribution is 0.202. The van der Waals surface area contributed by atoms with Crippen LogP contribution < -0.4 is 5.32 Å². The fourth-order valence-electron chi connectivity index (χ4n) is 3.75. The lowest BCUT2D eigenvalue weighted by Crippen LogP contribution is -2.43. The third-order valence-electron chi connectivity index (χ3n) is 4.92. The Bertz CT molecular complexity index is 728. The Kier molecular flexibility index (Phi) is 5.59. The first-order chi connectivity index (χ1) is 12.0. The van der Waals surface area contributed by atoms with Crippen LogP contribution >= 0.6 is 0 Å². The van der Waals surface area contributed by atoms with Crippen molar-refractivity contribution in [1.29, 1.82) is 0 Å². The molecule has 0 aromatic heterocycles. The Morgan fingerprint density at radius 3 is 2.76 bits per heavy atom. The highest BCUT2D eigenvalue weighted by Gasteiger charge is 2.27. The van der Waals surface area contributed by atoms with Crippen molar-refractivity contribution in [2.45, 2.75) is 25.8 Å². The minimum Gasteiger partial charge on any atom is -0.335 e. The first-order valence-corrected chi connectivity index (χ1v) is 9.19. The van der Waals surface area contributed by atoms with Gasteiger partial charge in [-0.1, -0.05) is 42.5 Å². The fourth-order valence-corrected chi connectivity index (χ4v) is 3.75. The van der Waals surface area contributed by atoms with Crippen LogP contribution in [0.15, 0.2) is 42.5 Å². The zero-order valence-corrected chi connectivity index (χ0v) is 15.5. The molecule has 0 bridgehead atoms. The maximum Gasteiger partial charge on any atom is 0.317 e. The first-order valence-electron chi connectivity index (χ1n) is 9.19. The second-order valence-electron chi connectivity index (χ2n) is 7.60. The fraction of sp³-hybridized carbons (Fsp3) is 0.476. The highest BCUT2D eigenvalue weighted by atomic mass is 16.2. The number of likely N-dealkylation sites (tertiary alicyclic amines) is 1. The number of hydrogen-bond donors (Lipinski definition) is 1. The summed E-state index contributed by atoms with van der Waals surface area (Å²) in [5.41, 5.74) is 1.26. The van der Waals surface area contributed by atoms with Crippen molar-refractivity contribution >= 4 is 16.8 Å². The summed E-state index contributed by atoms with van der Waals surface area (Å²) in [7, 11) is 4.18. The maximum absolute atomic E-state index is 12.5. The normalized spacial score (nSPS) is 18.7. The zero-order chi connectivity index (χ0) is 17.8. The van der Waals surface area contributed by atoms with E-state index in [0.29, 0.717) is 5.92 Å². The van der Waals surface area contributed by atoms with E-state index in [0.717, 1.165) is 32.5 Å². The van der Waals surface area contributed by atoms with Crippen molar-refractivity contribution in [3.05, 3.63) is 48.0 Å². The first kappa shape index (κ1) is 17.7. The SMILES string of the molecule is C[C@@H](Cc1ccc2ccccc2c1)NC(=O)N1CC[C@@H](CN(C)C)C1. The van der Waals surface area contributed by atoms with Gasteiger partial charge in [-0.25, -0.2) is 4.79 Å². The molecule has 4 heteroatoms. The molecule has 4 nitrogen and oxygen atoms in total. The molecular formula is C21H29N3O. The van der Waals surface area contributed by atoms with Gasteiger partial charge in [0.1, 0.15) is 0 Å². The number of hydrogen-bond acceptors (Lipinski definition) is 2. The highest BCUT2D eigenvalue weighted by molar-refractivity contribution is 5.83. The van der Waals surface area contributed by atoms with Gasteiger partial charge in [0.15, 0.2) is 0 Å². The summed E-state index contributed by atoms with van der Waals surface area (Å²) in [4.78, 5) is 16.7. The number of nitrogens with one attached hydrogen (secondary N) is 1. The second kappa shape index (κ2) is 7.87. The molecule has 1 heterocycles. The summed E-state index contributed by atoms with van der Waals surface area (Å²) in [6.07, 6.45) is 1.95. The van der Waals surface area contributed by atoms with Gasteiger partial charge < -0.3 is 15.1 Å². The topological polar surface area (TPSA) is 35.6 Å². The second-order valence-corrected chi connectivity index (χ2v) is 7.60. The van der Waals surface area contributed by atoms with E-state index in [1.165, 1.54) is 16.3 Å². The van der Waals surface area contributed by atoms with E-state index in [1.807, 2.05) is 4.90 Å². The Hall–Kier alpha value is -2.07. The summed E-state index contributed by atoms with van der Waals surface area (Å²) < 4.78 is 0. The van der Waals surface area contributed by atoms with Crippen molar-refractivity contribution in [3.63, 3.8) is 0 Å². The lowest BCUT2D eigenvalue weighted by atomic mass is 10.0. The Labute approximate surface area is 150 Å². The van der Waals surface area contributed by atoms with E-state index < -0.39 is 0 Å². The average Bonchev–Trinajstić information content (AvgIpc) is 3.02. The molecule has 1 aliphatic rings. The predicted octanol–water partition coefficient (Wildman–Crippen LogP) is 3.36. The van der Waals surface area contributed by atoms with Gasteiger partial charge in [-0.3, -0.25) is 0 Å². The number of carbonyl (C=O) groups is 1. The van der Waals surface area contributed by atoms with Crippen LogP contribution in [-0.4, -0.2) is 55.6 Å². The minimum absolute atomic E-state index is 0.0783. The Morgan fingerprint density at radius 2 is 2.00 bits per heavy atom. The van der Waals surface area contributed by atoms with Crippen molar-refractivity contribution in [2.75, 3.05) is 33.7 Å². The van der Waals surface area contributed by atoms with Crippen LogP contribution in [0, 0.1) is 5.92 Å². The van der Waals surface area contributed by atoms with Gasteiger partial charge in [0.25, 0.3) is 0 Å². The monoisotopic (exact) mass is 339 g/mol. The van der Waals surface area contributed by atoms with Crippen molar-refractivity contribution < 1.29 is 4.79 Å². The average molecular weight is 339 g/mol. The minimum atomic E-state index is 0.0783. The number of fused-ring (bicyclic) bond motifs is 1. The van der Waals surface area contributed by atoms with E-state index in [-0.39, 0.29) is 12.1 Å². The summed E-state index contributed by atoms with van der Waals surface area (Å²) in [6.45, 7) is 4.87. The van der Waals surface area contributed by atoms with E-state index in [2.05, 4.69) is 73.7 Å². The largest absolute Gasteiger partial charge is 0.335 e. The third kappa shape index (κ3) is 4.73.